The number of carbonyl (C=O) groups is 1. The maximum atomic E-state index is 12.2. The lowest BCUT2D eigenvalue weighted by molar-refractivity contribution is 0.0948. The van der Waals surface area contributed by atoms with Gasteiger partial charge in [-0.1, -0.05) is 41.2 Å². The van der Waals surface area contributed by atoms with Crippen molar-refractivity contribution in [1.29, 1.82) is 0 Å². The molecule has 0 bridgehead atoms. The number of piperazine rings is 1. The molecule has 1 N–H and O–H groups in total. The van der Waals surface area contributed by atoms with Crippen molar-refractivity contribution in [2.24, 2.45) is 0 Å². The van der Waals surface area contributed by atoms with Gasteiger partial charge < -0.3 is 10.2 Å². The van der Waals surface area contributed by atoms with Crippen LogP contribution in [0.25, 0.3) is 10.2 Å². The molecule has 0 aliphatic carbocycles. The summed E-state index contributed by atoms with van der Waals surface area (Å²) in [5.41, 5.74) is 2.97. The first kappa shape index (κ1) is 17.9. The van der Waals surface area contributed by atoms with Crippen molar-refractivity contribution < 1.29 is 4.79 Å². The highest BCUT2D eigenvalue weighted by Gasteiger charge is 2.19. The van der Waals surface area contributed by atoms with Gasteiger partial charge in [0.15, 0.2) is 5.13 Å². The summed E-state index contributed by atoms with van der Waals surface area (Å²) in [5.74, 6) is 0.00288. The molecular weight excluding hydrogens is 356 g/mol. The second-order valence-corrected chi connectivity index (χ2v) is 7.92. The normalized spacial score (nSPS) is 15.2. The number of fused-ring (bicyclic) bond motifs is 1. The molecule has 0 unspecified atom stereocenters. The molecule has 1 aromatic heterocycles. The number of benzene rings is 2. The molecular formula is C21H24N4OS. The van der Waals surface area contributed by atoms with Crippen LogP contribution in [-0.4, -0.2) is 55.1 Å². The molecule has 27 heavy (non-hydrogen) atoms. The van der Waals surface area contributed by atoms with Crippen molar-refractivity contribution >= 4 is 32.6 Å². The number of nitrogens with zero attached hydrogens (tertiary/aromatic N) is 3. The second kappa shape index (κ2) is 8.06. The molecule has 2 aromatic carbocycles. The Kier molecular flexibility index (Phi) is 5.36. The zero-order valence-electron chi connectivity index (χ0n) is 15.5. The van der Waals surface area contributed by atoms with E-state index in [1.807, 2.05) is 37.3 Å². The summed E-state index contributed by atoms with van der Waals surface area (Å²) in [7, 11) is 0. The average Bonchev–Trinajstić information content (AvgIpc) is 3.13. The number of hydrogen-bond acceptors (Lipinski definition) is 5. The van der Waals surface area contributed by atoms with Crippen molar-refractivity contribution in [2.75, 3.05) is 44.2 Å². The SMILES string of the molecule is Cc1ccc(C(=O)NCCN2CCN(c3nc4ccccc4s3)CC2)cc1. The van der Waals surface area contributed by atoms with Crippen LogP contribution < -0.4 is 10.2 Å². The van der Waals surface area contributed by atoms with Gasteiger partial charge in [0.25, 0.3) is 5.91 Å². The smallest absolute Gasteiger partial charge is 0.251 e. The first-order valence-electron chi connectivity index (χ1n) is 9.37. The number of carbonyl (C=O) groups excluding carboxylic acids is 1. The summed E-state index contributed by atoms with van der Waals surface area (Å²) >= 11 is 1.76. The Labute approximate surface area is 163 Å². The molecule has 4 rings (SSSR count). The fourth-order valence-corrected chi connectivity index (χ4v) is 4.31. The minimum Gasteiger partial charge on any atom is -0.351 e. The number of amides is 1. The number of aromatic nitrogens is 1. The fraction of sp³-hybridized carbons (Fsp3) is 0.333. The van der Waals surface area contributed by atoms with E-state index in [0.717, 1.165) is 54.5 Å². The Hall–Kier alpha value is -2.44. The van der Waals surface area contributed by atoms with Crippen LogP contribution in [-0.2, 0) is 0 Å². The van der Waals surface area contributed by atoms with Crippen molar-refractivity contribution in [3.8, 4) is 0 Å². The Morgan fingerprint density at radius 3 is 2.56 bits per heavy atom. The van der Waals surface area contributed by atoms with Crippen LogP contribution in [0.1, 0.15) is 15.9 Å². The maximum Gasteiger partial charge on any atom is 0.251 e. The molecule has 0 atom stereocenters. The number of thiazole rings is 1. The van der Waals surface area contributed by atoms with Crippen LogP contribution in [0.15, 0.2) is 48.5 Å². The third-order valence-corrected chi connectivity index (χ3v) is 6.05. The van der Waals surface area contributed by atoms with Gasteiger partial charge in [0, 0.05) is 44.8 Å². The third-order valence-electron chi connectivity index (χ3n) is 4.95. The van der Waals surface area contributed by atoms with Gasteiger partial charge >= 0.3 is 0 Å². The lowest BCUT2D eigenvalue weighted by atomic mass is 10.1. The number of anilines is 1. The molecule has 0 radical (unpaired) electrons. The predicted molar refractivity (Wildman–Crippen MR) is 112 cm³/mol. The topological polar surface area (TPSA) is 48.5 Å². The number of rotatable bonds is 5. The lowest BCUT2D eigenvalue weighted by Crippen LogP contribution is -2.48. The van der Waals surface area contributed by atoms with Gasteiger partial charge in [-0.3, -0.25) is 9.69 Å². The van der Waals surface area contributed by atoms with Crippen molar-refractivity contribution in [2.45, 2.75) is 6.92 Å². The largest absolute Gasteiger partial charge is 0.351 e. The molecule has 3 aromatic rings. The monoisotopic (exact) mass is 380 g/mol. The summed E-state index contributed by atoms with van der Waals surface area (Å²) in [4.78, 5) is 21.7. The van der Waals surface area contributed by atoms with Crippen molar-refractivity contribution in [1.82, 2.24) is 15.2 Å². The third kappa shape index (κ3) is 4.28. The Balaban J connectivity index is 1.23. The molecule has 140 valence electrons. The Morgan fingerprint density at radius 1 is 1.07 bits per heavy atom. The molecule has 2 heterocycles. The van der Waals surface area contributed by atoms with Crippen LogP contribution in [0.4, 0.5) is 5.13 Å². The standard InChI is InChI=1S/C21H24N4OS/c1-16-6-8-17(9-7-16)20(26)22-10-11-24-12-14-25(15-13-24)21-23-18-4-2-3-5-19(18)27-21/h2-9H,10-15H2,1H3,(H,22,26). The maximum absolute atomic E-state index is 12.2. The first-order valence-corrected chi connectivity index (χ1v) is 10.2. The summed E-state index contributed by atoms with van der Waals surface area (Å²) in [6, 6.07) is 16.0. The summed E-state index contributed by atoms with van der Waals surface area (Å²) in [6.45, 7) is 7.53. The van der Waals surface area contributed by atoms with E-state index in [0.29, 0.717) is 6.54 Å². The van der Waals surface area contributed by atoms with Crippen LogP contribution in [0, 0.1) is 6.92 Å². The van der Waals surface area contributed by atoms with Crippen LogP contribution in [0.3, 0.4) is 0 Å². The molecule has 0 spiro atoms. The van der Waals surface area contributed by atoms with Crippen molar-refractivity contribution in [3.63, 3.8) is 0 Å². The Morgan fingerprint density at radius 2 is 1.81 bits per heavy atom. The van der Waals surface area contributed by atoms with Gasteiger partial charge in [-0.2, -0.15) is 0 Å². The van der Waals surface area contributed by atoms with Crippen LogP contribution >= 0.6 is 11.3 Å². The summed E-state index contributed by atoms with van der Waals surface area (Å²) < 4.78 is 1.24. The average molecular weight is 381 g/mol. The molecule has 1 fully saturated rings. The van der Waals surface area contributed by atoms with Crippen LogP contribution in [0.5, 0.6) is 0 Å². The van der Waals surface area contributed by atoms with Gasteiger partial charge in [0.1, 0.15) is 0 Å². The van der Waals surface area contributed by atoms with Gasteiger partial charge in [0.05, 0.1) is 10.2 Å². The zero-order chi connectivity index (χ0) is 18.6. The molecule has 1 aliphatic heterocycles. The van der Waals surface area contributed by atoms with E-state index in [1.54, 1.807) is 11.3 Å². The van der Waals surface area contributed by atoms with E-state index in [2.05, 4.69) is 33.3 Å². The van der Waals surface area contributed by atoms with E-state index in [-0.39, 0.29) is 5.91 Å². The second-order valence-electron chi connectivity index (χ2n) is 6.91. The summed E-state index contributed by atoms with van der Waals surface area (Å²) in [6.07, 6.45) is 0. The van der Waals surface area contributed by atoms with Gasteiger partial charge in [-0.05, 0) is 31.2 Å². The fourth-order valence-electron chi connectivity index (χ4n) is 3.29. The highest BCUT2D eigenvalue weighted by Crippen LogP contribution is 2.28. The molecule has 1 amide bonds. The number of nitrogens with one attached hydrogen (secondary N) is 1. The number of aryl methyl sites for hydroxylation is 1. The van der Waals surface area contributed by atoms with Crippen molar-refractivity contribution in [3.05, 3.63) is 59.7 Å². The van der Waals surface area contributed by atoms with E-state index in [4.69, 9.17) is 4.98 Å². The minimum absolute atomic E-state index is 0.00288. The molecule has 1 saturated heterocycles. The van der Waals surface area contributed by atoms with Crippen LogP contribution in [0.2, 0.25) is 0 Å². The van der Waals surface area contributed by atoms with Gasteiger partial charge in [0.2, 0.25) is 0 Å². The summed E-state index contributed by atoms with van der Waals surface area (Å²) in [5, 5.41) is 4.14. The van der Waals surface area contributed by atoms with E-state index in [9.17, 15) is 4.79 Å². The van der Waals surface area contributed by atoms with Gasteiger partial charge in [-0.15, -0.1) is 0 Å². The molecule has 0 saturated carbocycles. The quantitative estimate of drug-likeness (QED) is 0.739. The van der Waals surface area contributed by atoms with Gasteiger partial charge in [-0.25, -0.2) is 4.98 Å². The highest BCUT2D eigenvalue weighted by molar-refractivity contribution is 7.22. The minimum atomic E-state index is 0.00288. The van der Waals surface area contributed by atoms with E-state index >= 15 is 0 Å². The highest BCUT2D eigenvalue weighted by atomic mass is 32.1. The Bertz CT molecular complexity index is 880. The van der Waals surface area contributed by atoms with E-state index in [1.165, 1.54) is 4.70 Å². The lowest BCUT2D eigenvalue weighted by Gasteiger charge is -2.34. The predicted octanol–water partition coefficient (Wildman–Crippen LogP) is 3.16. The molecule has 5 nitrogen and oxygen atoms in total. The zero-order valence-corrected chi connectivity index (χ0v) is 16.3. The first-order chi connectivity index (χ1) is 13.2. The number of para-hydroxylation sites is 1. The molecule has 1 aliphatic rings. The molecule has 6 heteroatoms. The number of hydrogen-bond donors (Lipinski definition) is 1. The van der Waals surface area contributed by atoms with E-state index < -0.39 is 0 Å².